The van der Waals surface area contributed by atoms with Crippen molar-refractivity contribution in [2.75, 3.05) is 11.9 Å². The topological polar surface area (TPSA) is 94.3 Å². The first-order valence-electron chi connectivity index (χ1n) is 8.93. The fraction of sp³-hybridized carbons (Fsp3) is 0.368. The Morgan fingerprint density at radius 3 is 2.96 bits per heavy atom. The first-order chi connectivity index (χ1) is 13.1. The summed E-state index contributed by atoms with van der Waals surface area (Å²) in [7, 11) is 0. The SMILES string of the molecule is CCOC(=O)c1c(NC(=O)c2cnc3onc(C)c3c2)sc2c1CCCC2. The lowest BCUT2D eigenvalue weighted by Crippen LogP contribution is -2.16. The third kappa shape index (κ3) is 3.21. The van der Waals surface area contributed by atoms with Crippen LogP contribution in [0.2, 0.25) is 0 Å². The van der Waals surface area contributed by atoms with Gasteiger partial charge in [0.05, 0.1) is 28.8 Å². The highest BCUT2D eigenvalue weighted by Crippen LogP contribution is 2.38. The molecule has 8 heteroatoms. The number of carbonyl (C=O) groups is 2. The number of nitrogens with one attached hydrogen (secondary N) is 1. The molecule has 3 aromatic rings. The normalized spacial score (nSPS) is 13.4. The van der Waals surface area contributed by atoms with Crippen molar-refractivity contribution in [1.82, 2.24) is 10.1 Å². The molecule has 0 saturated heterocycles. The van der Waals surface area contributed by atoms with E-state index in [2.05, 4.69) is 15.5 Å². The third-order valence-electron chi connectivity index (χ3n) is 4.65. The smallest absolute Gasteiger partial charge is 0.341 e. The number of pyridine rings is 1. The Morgan fingerprint density at radius 1 is 1.33 bits per heavy atom. The molecule has 0 fully saturated rings. The number of esters is 1. The third-order valence-corrected chi connectivity index (χ3v) is 5.86. The highest BCUT2D eigenvalue weighted by atomic mass is 32.1. The molecule has 0 aliphatic heterocycles. The summed E-state index contributed by atoms with van der Waals surface area (Å²) in [5.41, 5.74) is 2.97. The number of hydrogen-bond acceptors (Lipinski definition) is 7. The van der Waals surface area contributed by atoms with E-state index >= 15 is 0 Å². The quantitative estimate of drug-likeness (QED) is 0.685. The van der Waals surface area contributed by atoms with Crippen molar-refractivity contribution < 1.29 is 18.8 Å². The number of rotatable bonds is 4. The summed E-state index contributed by atoms with van der Waals surface area (Å²) in [6.07, 6.45) is 5.34. The van der Waals surface area contributed by atoms with Gasteiger partial charge in [-0.15, -0.1) is 11.3 Å². The lowest BCUT2D eigenvalue weighted by Gasteiger charge is -2.12. The molecule has 0 aromatic carbocycles. The predicted octanol–water partition coefficient (Wildman–Crippen LogP) is 3.90. The molecule has 3 aromatic heterocycles. The molecule has 0 bridgehead atoms. The average Bonchev–Trinajstić information content (AvgIpc) is 3.22. The molecule has 27 heavy (non-hydrogen) atoms. The van der Waals surface area contributed by atoms with Crippen LogP contribution in [0.3, 0.4) is 0 Å². The van der Waals surface area contributed by atoms with E-state index in [4.69, 9.17) is 9.26 Å². The zero-order chi connectivity index (χ0) is 19.0. The summed E-state index contributed by atoms with van der Waals surface area (Å²) in [4.78, 5) is 30.6. The number of anilines is 1. The maximum Gasteiger partial charge on any atom is 0.341 e. The zero-order valence-electron chi connectivity index (χ0n) is 15.1. The standard InChI is InChI=1S/C19H19N3O4S/c1-3-25-19(24)15-12-6-4-5-7-14(12)27-18(15)21-16(23)11-8-13-10(2)22-26-17(13)20-9-11/h8-9H,3-7H2,1-2H3,(H,21,23). The lowest BCUT2D eigenvalue weighted by molar-refractivity contribution is 0.0526. The molecule has 1 amide bonds. The fourth-order valence-corrected chi connectivity index (χ4v) is 4.59. The van der Waals surface area contributed by atoms with Crippen LogP contribution in [0.5, 0.6) is 0 Å². The summed E-state index contributed by atoms with van der Waals surface area (Å²) < 4.78 is 10.3. The van der Waals surface area contributed by atoms with Crippen LogP contribution in [0.25, 0.3) is 11.1 Å². The Kier molecular flexibility index (Phi) is 4.65. The average molecular weight is 385 g/mol. The number of amides is 1. The summed E-state index contributed by atoms with van der Waals surface area (Å²) in [6, 6.07) is 1.70. The summed E-state index contributed by atoms with van der Waals surface area (Å²) >= 11 is 1.46. The van der Waals surface area contributed by atoms with E-state index < -0.39 is 0 Å². The Balaban J connectivity index is 1.68. The molecular weight excluding hydrogens is 366 g/mol. The second-order valence-corrected chi connectivity index (χ2v) is 7.54. The molecule has 0 unspecified atom stereocenters. The van der Waals surface area contributed by atoms with E-state index in [9.17, 15) is 9.59 Å². The van der Waals surface area contributed by atoms with Crippen molar-refractivity contribution in [1.29, 1.82) is 0 Å². The Bertz CT molecular complexity index is 1040. The van der Waals surface area contributed by atoms with Gasteiger partial charge in [-0.05, 0) is 51.2 Å². The maximum absolute atomic E-state index is 12.8. The van der Waals surface area contributed by atoms with Crippen molar-refractivity contribution >= 4 is 39.3 Å². The number of thiophene rings is 1. The van der Waals surface area contributed by atoms with Crippen LogP contribution in [-0.4, -0.2) is 28.6 Å². The van der Waals surface area contributed by atoms with Gasteiger partial charge in [-0.25, -0.2) is 9.78 Å². The zero-order valence-corrected chi connectivity index (χ0v) is 15.9. The van der Waals surface area contributed by atoms with E-state index in [0.29, 0.717) is 39.5 Å². The molecule has 1 N–H and O–H groups in total. The number of hydrogen-bond donors (Lipinski definition) is 1. The molecule has 0 spiro atoms. The van der Waals surface area contributed by atoms with Crippen LogP contribution in [0, 0.1) is 6.92 Å². The summed E-state index contributed by atoms with van der Waals surface area (Å²) in [6.45, 7) is 3.86. The van der Waals surface area contributed by atoms with Gasteiger partial charge < -0.3 is 14.6 Å². The second-order valence-electron chi connectivity index (χ2n) is 6.43. The minimum Gasteiger partial charge on any atom is -0.462 e. The van der Waals surface area contributed by atoms with Crippen LogP contribution in [0.15, 0.2) is 16.8 Å². The molecule has 4 rings (SSSR count). The number of aryl methyl sites for hydroxylation is 2. The van der Waals surface area contributed by atoms with Crippen molar-refractivity contribution in [2.24, 2.45) is 0 Å². The summed E-state index contributed by atoms with van der Waals surface area (Å²) in [5, 5.41) is 7.98. The molecule has 3 heterocycles. The molecule has 1 aliphatic carbocycles. The number of fused-ring (bicyclic) bond motifs is 2. The van der Waals surface area contributed by atoms with Crippen LogP contribution in [-0.2, 0) is 17.6 Å². The summed E-state index contributed by atoms with van der Waals surface area (Å²) in [5.74, 6) is -0.704. The van der Waals surface area contributed by atoms with Crippen LogP contribution >= 0.6 is 11.3 Å². The van der Waals surface area contributed by atoms with Gasteiger partial charge in [0.15, 0.2) is 0 Å². The van der Waals surface area contributed by atoms with Gasteiger partial charge in [0.2, 0.25) is 0 Å². The van der Waals surface area contributed by atoms with Crippen molar-refractivity contribution in [2.45, 2.75) is 39.5 Å². The first kappa shape index (κ1) is 17.7. The monoisotopic (exact) mass is 385 g/mol. The largest absolute Gasteiger partial charge is 0.462 e. The van der Waals surface area contributed by atoms with E-state index in [1.54, 1.807) is 19.9 Å². The van der Waals surface area contributed by atoms with Crippen LogP contribution < -0.4 is 5.32 Å². The van der Waals surface area contributed by atoms with E-state index in [1.165, 1.54) is 17.5 Å². The molecule has 0 atom stereocenters. The minimum absolute atomic E-state index is 0.296. The van der Waals surface area contributed by atoms with Gasteiger partial charge in [-0.2, -0.15) is 0 Å². The molecule has 140 valence electrons. The number of aromatic nitrogens is 2. The van der Waals surface area contributed by atoms with Gasteiger partial charge in [0.1, 0.15) is 5.00 Å². The van der Waals surface area contributed by atoms with Crippen LogP contribution in [0.1, 0.15) is 56.6 Å². The van der Waals surface area contributed by atoms with E-state index in [-0.39, 0.29) is 11.9 Å². The van der Waals surface area contributed by atoms with Crippen molar-refractivity contribution in [3.63, 3.8) is 0 Å². The Hall–Kier alpha value is -2.74. The first-order valence-corrected chi connectivity index (χ1v) is 9.75. The van der Waals surface area contributed by atoms with Crippen molar-refractivity contribution in [3.05, 3.63) is 39.5 Å². The maximum atomic E-state index is 12.8. The fourth-order valence-electron chi connectivity index (χ4n) is 3.32. The molecular formula is C19H19N3O4S. The highest BCUT2D eigenvalue weighted by molar-refractivity contribution is 7.17. The lowest BCUT2D eigenvalue weighted by atomic mass is 9.95. The predicted molar refractivity (Wildman–Crippen MR) is 101 cm³/mol. The van der Waals surface area contributed by atoms with E-state index in [0.717, 1.165) is 36.1 Å². The highest BCUT2D eigenvalue weighted by Gasteiger charge is 2.27. The van der Waals surface area contributed by atoms with Gasteiger partial charge in [0, 0.05) is 11.1 Å². The van der Waals surface area contributed by atoms with Crippen molar-refractivity contribution in [3.8, 4) is 0 Å². The number of ether oxygens (including phenoxy) is 1. The van der Waals surface area contributed by atoms with Gasteiger partial charge in [0.25, 0.3) is 11.6 Å². The molecule has 0 radical (unpaired) electrons. The number of nitrogens with zero attached hydrogens (tertiary/aromatic N) is 2. The van der Waals surface area contributed by atoms with Gasteiger partial charge in [-0.3, -0.25) is 4.79 Å². The minimum atomic E-state index is -0.379. The Morgan fingerprint density at radius 2 is 2.15 bits per heavy atom. The van der Waals surface area contributed by atoms with Gasteiger partial charge in [-0.1, -0.05) is 5.16 Å². The second kappa shape index (κ2) is 7.11. The molecule has 1 aliphatic rings. The Labute approximate surface area is 159 Å². The van der Waals surface area contributed by atoms with Crippen LogP contribution in [0.4, 0.5) is 5.00 Å². The molecule has 7 nitrogen and oxygen atoms in total. The van der Waals surface area contributed by atoms with E-state index in [1.807, 2.05) is 0 Å². The van der Waals surface area contributed by atoms with Gasteiger partial charge >= 0.3 is 5.97 Å². The molecule has 0 saturated carbocycles. The number of carbonyl (C=O) groups excluding carboxylic acids is 2.